The van der Waals surface area contributed by atoms with Crippen molar-refractivity contribution in [2.24, 2.45) is 0 Å². The van der Waals surface area contributed by atoms with Gasteiger partial charge in [-0.1, -0.05) is 0 Å². The van der Waals surface area contributed by atoms with E-state index < -0.39 is 23.4 Å². The molecular formula is C32H50N4O9. The zero-order valence-corrected chi connectivity index (χ0v) is 27.8. The molecule has 45 heavy (non-hydrogen) atoms. The second-order valence-electron chi connectivity index (χ2n) is 12.1. The molecule has 0 aliphatic heterocycles. The van der Waals surface area contributed by atoms with Gasteiger partial charge < -0.3 is 43.8 Å². The Kier molecular flexibility index (Phi) is 15.8. The molecule has 13 nitrogen and oxygen atoms in total. The van der Waals surface area contributed by atoms with Crippen molar-refractivity contribution >= 4 is 12.2 Å². The number of nitrogens with one attached hydrogen (secondary N) is 2. The van der Waals surface area contributed by atoms with E-state index in [0.29, 0.717) is 75.7 Å². The lowest BCUT2D eigenvalue weighted by Gasteiger charge is -2.21. The van der Waals surface area contributed by atoms with E-state index in [-0.39, 0.29) is 12.1 Å². The highest BCUT2D eigenvalue weighted by Crippen LogP contribution is 2.17. The van der Waals surface area contributed by atoms with Gasteiger partial charge in [-0.15, -0.1) is 0 Å². The minimum Gasteiger partial charge on any atom is -0.490 e. The normalized spacial score (nSPS) is 13.0. The Bertz CT molecular complexity index is 1040. The van der Waals surface area contributed by atoms with Crippen LogP contribution in [-0.4, -0.2) is 86.2 Å². The van der Waals surface area contributed by atoms with Crippen LogP contribution in [0.1, 0.15) is 78.9 Å². The van der Waals surface area contributed by atoms with Crippen LogP contribution in [0.5, 0.6) is 11.5 Å². The van der Waals surface area contributed by atoms with E-state index in [0.717, 1.165) is 0 Å². The van der Waals surface area contributed by atoms with E-state index in [1.807, 2.05) is 55.4 Å². The lowest BCUT2D eigenvalue weighted by Crippen LogP contribution is -2.34. The predicted octanol–water partition coefficient (Wildman–Crippen LogP) is 5.16. The van der Waals surface area contributed by atoms with Gasteiger partial charge in [0.25, 0.3) is 0 Å². The number of alkyl carbamates (subject to hydrolysis) is 2. The van der Waals surface area contributed by atoms with Gasteiger partial charge in [-0.2, -0.15) is 0 Å². The molecule has 0 aliphatic rings. The van der Waals surface area contributed by atoms with Gasteiger partial charge in [-0.3, -0.25) is 9.97 Å². The Morgan fingerprint density at radius 3 is 1.22 bits per heavy atom. The van der Waals surface area contributed by atoms with Gasteiger partial charge in [0, 0.05) is 0 Å². The van der Waals surface area contributed by atoms with Gasteiger partial charge in [-0.25, -0.2) is 9.59 Å². The monoisotopic (exact) mass is 634 g/mol. The highest BCUT2D eigenvalue weighted by Gasteiger charge is 2.20. The van der Waals surface area contributed by atoms with Crippen molar-refractivity contribution in [2.75, 3.05) is 52.9 Å². The Morgan fingerprint density at radius 2 is 0.933 bits per heavy atom. The van der Waals surface area contributed by atoms with Crippen LogP contribution in [0.3, 0.4) is 0 Å². The minimum atomic E-state index is -0.561. The third kappa shape index (κ3) is 17.4. The van der Waals surface area contributed by atoms with E-state index in [1.165, 1.54) is 0 Å². The molecule has 0 unspecified atom stereocenters. The lowest BCUT2D eigenvalue weighted by atomic mass is 10.2. The fraction of sp³-hybridized carbons (Fsp3) is 0.625. The molecule has 0 aliphatic carbocycles. The number of hydrogen-bond acceptors (Lipinski definition) is 11. The number of ether oxygens (including phenoxy) is 7. The molecule has 2 N–H and O–H groups in total. The third-order valence-corrected chi connectivity index (χ3v) is 5.61. The summed E-state index contributed by atoms with van der Waals surface area (Å²) in [6.45, 7) is 17.9. The molecule has 2 amide bonds. The SMILES string of the molecule is C[C@H](NC(=O)OC(C)(C)C)c1ccc(OCCOCCOCCOCCOc2ccc([C@H](C)NC(=O)OC(C)(C)C)nc2)cn1. The van der Waals surface area contributed by atoms with E-state index >= 15 is 0 Å². The van der Waals surface area contributed by atoms with Gasteiger partial charge >= 0.3 is 12.2 Å². The Labute approximate surface area is 266 Å². The molecule has 0 bridgehead atoms. The van der Waals surface area contributed by atoms with Crippen molar-refractivity contribution in [1.82, 2.24) is 20.6 Å². The number of pyridine rings is 2. The number of aromatic nitrogens is 2. The first-order chi connectivity index (χ1) is 21.2. The van der Waals surface area contributed by atoms with Crippen molar-refractivity contribution in [3.8, 4) is 11.5 Å². The maximum absolute atomic E-state index is 11.9. The number of nitrogens with zero attached hydrogens (tertiary/aromatic N) is 2. The van der Waals surface area contributed by atoms with Crippen molar-refractivity contribution in [3.05, 3.63) is 48.0 Å². The Balaban J connectivity index is 1.45. The fourth-order valence-corrected chi connectivity index (χ4v) is 3.56. The zero-order valence-electron chi connectivity index (χ0n) is 27.8. The molecule has 2 atom stereocenters. The van der Waals surface area contributed by atoms with Crippen LogP contribution in [0.2, 0.25) is 0 Å². The molecule has 0 saturated heterocycles. The molecule has 252 valence electrons. The summed E-state index contributed by atoms with van der Waals surface area (Å²) in [4.78, 5) is 32.6. The van der Waals surface area contributed by atoms with Crippen molar-refractivity contribution in [1.29, 1.82) is 0 Å². The molecule has 2 aromatic heterocycles. The fourth-order valence-electron chi connectivity index (χ4n) is 3.56. The molecule has 2 heterocycles. The van der Waals surface area contributed by atoms with E-state index in [1.54, 1.807) is 36.7 Å². The van der Waals surface area contributed by atoms with Gasteiger partial charge in [0.15, 0.2) is 0 Å². The average Bonchev–Trinajstić information content (AvgIpc) is 2.94. The molecule has 13 heteroatoms. The quantitative estimate of drug-likeness (QED) is 0.210. The summed E-state index contributed by atoms with van der Waals surface area (Å²) in [7, 11) is 0. The van der Waals surface area contributed by atoms with Gasteiger partial charge in [0.05, 0.1) is 75.5 Å². The molecule has 0 aromatic carbocycles. The van der Waals surface area contributed by atoms with Gasteiger partial charge in [0.2, 0.25) is 0 Å². The number of amides is 2. The maximum Gasteiger partial charge on any atom is 0.408 e. The highest BCUT2D eigenvalue weighted by atomic mass is 16.6. The van der Waals surface area contributed by atoms with Crippen LogP contribution in [0.25, 0.3) is 0 Å². The average molecular weight is 635 g/mol. The van der Waals surface area contributed by atoms with Crippen molar-refractivity contribution in [3.63, 3.8) is 0 Å². The number of carbonyl (C=O) groups is 2. The van der Waals surface area contributed by atoms with Gasteiger partial charge in [0.1, 0.15) is 35.9 Å². The smallest absolute Gasteiger partial charge is 0.408 e. The predicted molar refractivity (Wildman–Crippen MR) is 167 cm³/mol. The molecule has 2 aromatic rings. The lowest BCUT2D eigenvalue weighted by molar-refractivity contribution is 0.00495. The van der Waals surface area contributed by atoms with Crippen LogP contribution in [0.15, 0.2) is 36.7 Å². The van der Waals surface area contributed by atoms with Crippen LogP contribution in [0.4, 0.5) is 9.59 Å². The second kappa shape index (κ2) is 19.0. The van der Waals surface area contributed by atoms with Crippen LogP contribution >= 0.6 is 0 Å². The first-order valence-electron chi connectivity index (χ1n) is 15.1. The second-order valence-corrected chi connectivity index (χ2v) is 12.1. The summed E-state index contributed by atoms with van der Waals surface area (Å²) in [5.74, 6) is 1.22. The first kappa shape index (κ1) is 37.5. The summed E-state index contributed by atoms with van der Waals surface area (Å²) in [5, 5.41) is 5.52. The molecule has 0 spiro atoms. The maximum atomic E-state index is 11.9. The summed E-state index contributed by atoms with van der Waals surface area (Å²) in [6.07, 6.45) is 2.24. The number of hydrogen-bond donors (Lipinski definition) is 2. The molecule has 2 rings (SSSR count). The Hall–Kier alpha value is -3.68. The molecular weight excluding hydrogens is 584 g/mol. The molecule has 0 saturated carbocycles. The topological polar surface area (TPSA) is 149 Å². The van der Waals surface area contributed by atoms with Gasteiger partial charge in [-0.05, 0) is 79.7 Å². The molecule has 0 fully saturated rings. The zero-order chi connectivity index (χ0) is 33.3. The highest BCUT2D eigenvalue weighted by molar-refractivity contribution is 5.68. The summed E-state index contributed by atoms with van der Waals surface area (Å²) in [5.41, 5.74) is 0.272. The Morgan fingerprint density at radius 1 is 0.600 bits per heavy atom. The van der Waals surface area contributed by atoms with Crippen molar-refractivity contribution in [2.45, 2.75) is 78.7 Å². The summed E-state index contributed by atoms with van der Waals surface area (Å²) in [6, 6.07) is 6.58. The summed E-state index contributed by atoms with van der Waals surface area (Å²) < 4.78 is 38.4. The minimum absolute atomic E-state index is 0.301. The largest absolute Gasteiger partial charge is 0.490 e. The van der Waals surface area contributed by atoms with Crippen LogP contribution in [0, 0.1) is 0 Å². The van der Waals surface area contributed by atoms with E-state index in [2.05, 4.69) is 20.6 Å². The summed E-state index contributed by atoms with van der Waals surface area (Å²) >= 11 is 0. The van der Waals surface area contributed by atoms with Crippen LogP contribution in [-0.2, 0) is 23.7 Å². The number of carbonyl (C=O) groups excluding carboxylic acids is 2. The first-order valence-corrected chi connectivity index (χ1v) is 15.1. The molecule has 0 radical (unpaired) electrons. The standard InChI is InChI=1S/C32H50N4O9/c1-23(35-29(37)44-31(3,4)5)27-11-9-25(21-33-27)42-19-17-40-15-13-39-14-16-41-18-20-43-26-10-12-28(34-22-26)24(2)36-30(38)45-32(6,7)8/h9-12,21-24H,13-20H2,1-8H3,(H,35,37)(H,36,38)/t23-,24-/m0/s1. The van der Waals surface area contributed by atoms with E-state index in [9.17, 15) is 9.59 Å². The third-order valence-electron chi connectivity index (χ3n) is 5.61. The van der Waals surface area contributed by atoms with Crippen LogP contribution < -0.4 is 20.1 Å². The van der Waals surface area contributed by atoms with E-state index in [4.69, 9.17) is 33.2 Å². The van der Waals surface area contributed by atoms with Crippen molar-refractivity contribution < 1.29 is 42.7 Å². The number of rotatable bonds is 18.